The van der Waals surface area contributed by atoms with Gasteiger partial charge in [0.1, 0.15) is 5.75 Å². The minimum atomic E-state index is -0.515. The van der Waals surface area contributed by atoms with Crippen LogP contribution in [0.25, 0.3) is 22.2 Å². The van der Waals surface area contributed by atoms with E-state index in [2.05, 4.69) is 5.32 Å². The number of carbonyl (C=O) groups is 1. The number of hydrogen-bond donors (Lipinski definition) is 1. The molecule has 0 atom stereocenters. The van der Waals surface area contributed by atoms with Crippen LogP contribution in [-0.2, 0) is 0 Å². The highest BCUT2D eigenvalue weighted by Gasteiger charge is 2.18. The van der Waals surface area contributed by atoms with E-state index in [9.17, 15) is 14.9 Å². The molecule has 4 aromatic rings. The summed E-state index contributed by atoms with van der Waals surface area (Å²) in [4.78, 5) is 28.5. The molecule has 1 aromatic heterocycles. The zero-order valence-corrected chi connectivity index (χ0v) is 17.0. The first-order chi connectivity index (χ1) is 15.0. The molecule has 4 rings (SSSR count). The Hall–Kier alpha value is -4.26. The summed E-state index contributed by atoms with van der Waals surface area (Å²) in [6.45, 7) is 1.99. The zero-order chi connectivity index (χ0) is 22.0. The van der Waals surface area contributed by atoms with Gasteiger partial charge in [-0.1, -0.05) is 42.5 Å². The van der Waals surface area contributed by atoms with Gasteiger partial charge in [0.25, 0.3) is 11.6 Å². The molecule has 7 heteroatoms. The van der Waals surface area contributed by atoms with Crippen LogP contribution in [0.3, 0.4) is 0 Å². The Morgan fingerprint density at radius 2 is 1.77 bits per heavy atom. The van der Waals surface area contributed by atoms with Gasteiger partial charge in [-0.05, 0) is 30.7 Å². The van der Waals surface area contributed by atoms with E-state index in [4.69, 9.17) is 9.72 Å². The van der Waals surface area contributed by atoms with Gasteiger partial charge in [0.05, 0.1) is 40.6 Å². The third-order valence-electron chi connectivity index (χ3n) is 5.03. The van der Waals surface area contributed by atoms with Crippen molar-refractivity contribution in [1.82, 2.24) is 4.98 Å². The first kappa shape index (κ1) is 20.0. The lowest BCUT2D eigenvalue weighted by Crippen LogP contribution is -2.14. The van der Waals surface area contributed by atoms with E-state index in [-0.39, 0.29) is 17.3 Å². The Kier molecular flexibility index (Phi) is 5.32. The number of amides is 1. The van der Waals surface area contributed by atoms with Crippen LogP contribution in [0.2, 0.25) is 0 Å². The fourth-order valence-electron chi connectivity index (χ4n) is 3.45. The third-order valence-corrected chi connectivity index (χ3v) is 5.03. The molecule has 0 aliphatic heterocycles. The number of aryl methyl sites for hydroxylation is 1. The molecule has 0 saturated heterocycles. The Balaban J connectivity index is 1.80. The van der Waals surface area contributed by atoms with Crippen LogP contribution in [0.1, 0.15) is 15.9 Å². The predicted molar refractivity (Wildman–Crippen MR) is 120 cm³/mol. The van der Waals surface area contributed by atoms with Gasteiger partial charge in [0.15, 0.2) is 0 Å². The normalized spacial score (nSPS) is 10.6. The van der Waals surface area contributed by atoms with Crippen LogP contribution in [0.4, 0.5) is 11.4 Å². The largest absolute Gasteiger partial charge is 0.494 e. The van der Waals surface area contributed by atoms with Gasteiger partial charge >= 0.3 is 0 Å². The summed E-state index contributed by atoms with van der Waals surface area (Å²) in [5.74, 6) is -0.152. The lowest BCUT2D eigenvalue weighted by molar-refractivity contribution is -0.384. The Morgan fingerprint density at radius 3 is 2.52 bits per heavy atom. The number of hydrogen-bond acceptors (Lipinski definition) is 5. The van der Waals surface area contributed by atoms with Gasteiger partial charge in [0, 0.05) is 17.0 Å². The number of nitrogens with one attached hydrogen (secondary N) is 1. The molecule has 0 fully saturated rings. The van der Waals surface area contributed by atoms with E-state index in [1.807, 2.05) is 55.5 Å². The Labute approximate surface area is 178 Å². The van der Waals surface area contributed by atoms with Crippen molar-refractivity contribution < 1.29 is 14.5 Å². The zero-order valence-electron chi connectivity index (χ0n) is 17.0. The van der Waals surface area contributed by atoms with Crippen molar-refractivity contribution in [3.63, 3.8) is 0 Å². The second-order valence-electron chi connectivity index (χ2n) is 6.98. The highest BCUT2D eigenvalue weighted by atomic mass is 16.6. The summed E-state index contributed by atoms with van der Waals surface area (Å²) >= 11 is 0. The monoisotopic (exact) mass is 413 g/mol. The van der Waals surface area contributed by atoms with Crippen LogP contribution in [0.5, 0.6) is 5.75 Å². The molecule has 0 aliphatic carbocycles. The van der Waals surface area contributed by atoms with Gasteiger partial charge in [-0.2, -0.15) is 0 Å². The number of non-ortho nitro benzene ring substituents is 1. The molecule has 31 heavy (non-hydrogen) atoms. The Bertz CT molecular complexity index is 1320. The number of benzene rings is 3. The molecule has 0 unspecified atom stereocenters. The number of rotatable bonds is 5. The van der Waals surface area contributed by atoms with Gasteiger partial charge in [-0.15, -0.1) is 0 Å². The van der Waals surface area contributed by atoms with Crippen LogP contribution >= 0.6 is 0 Å². The van der Waals surface area contributed by atoms with Crippen molar-refractivity contribution in [2.75, 3.05) is 12.4 Å². The van der Waals surface area contributed by atoms with Crippen molar-refractivity contribution in [3.05, 3.63) is 94.0 Å². The SMILES string of the molecule is COc1cc([N+](=O)[O-])ccc1NC(=O)c1cc(-c2ccccc2C)nc2ccccc12. The molecule has 0 radical (unpaired) electrons. The van der Waals surface area contributed by atoms with Crippen molar-refractivity contribution in [2.45, 2.75) is 6.92 Å². The fraction of sp³-hybridized carbons (Fsp3) is 0.0833. The topological polar surface area (TPSA) is 94.4 Å². The van der Waals surface area contributed by atoms with E-state index < -0.39 is 4.92 Å². The molecule has 0 saturated carbocycles. The second-order valence-corrected chi connectivity index (χ2v) is 6.98. The number of pyridine rings is 1. The number of nitro benzene ring substituents is 1. The number of anilines is 1. The van der Waals surface area contributed by atoms with Crippen LogP contribution in [0, 0.1) is 17.0 Å². The molecule has 7 nitrogen and oxygen atoms in total. The van der Waals surface area contributed by atoms with Gasteiger partial charge in [-0.3, -0.25) is 14.9 Å². The van der Waals surface area contributed by atoms with E-state index >= 15 is 0 Å². The molecular formula is C24H19N3O4. The number of ether oxygens (including phenoxy) is 1. The maximum Gasteiger partial charge on any atom is 0.273 e. The molecule has 0 aliphatic rings. The first-order valence-electron chi connectivity index (χ1n) is 9.57. The van der Waals surface area contributed by atoms with Gasteiger partial charge in [-0.25, -0.2) is 4.98 Å². The minimum Gasteiger partial charge on any atom is -0.494 e. The molecule has 1 amide bonds. The maximum atomic E-state index is 13.3. The molecule has 1 N–H and O–H groups in total. The van der Waals surface area contributed by atoms with Crippen LogP contribution in [-0.4, -0.2) is 22.9 Å². The van der Waals surface area contributed by atoms with Crippen molar-refractivity contribution in [1.29, 1.82) is 0 Å². The maximum absolute atomic E-state index is 13.3. The quantitative estimate of drug-likeness (QED) is 0.350. The second kappa shape index (κ2) is 8.23. The highest BCUT2D eigenvalue weighted by Crippen LogP contribution is 2.31. The van der Waals surface area contributed by atoms with E-state index in [1.165, 1.54) is 25.3 Å². The third kappa shape index (κ3) is 3.93. The average molecular weight is 413 g/mol. The number of nitro groups is 1. The first-order valence-corrected chi connectivity index (χ1v) is 9.57. The van der Waals surface area contributed by atoms with Crippen LogP contribution < -0.4 is 10.1 Å². The standard InChI is InChI=1S/C24H19N3O4/c1-15-7-3-4-8-17(15)22-14-19(18-9-5-6-10-20(18)25-22)24(28)26-21-12-11-16(27(29)30)13-23(21)31-2/h3-14H,1-2H3,(H,26,28). The molecular weight excluding hydrogens is 394 g/mol. The average Bonchev–Trinajstić information content (AvgIpc) is 2.78. The summed E-state index contributed by atoms with van der Waals surface area (Å²) in [5.41, 5.74) is 4.05. The minimum absolute atomic E-state index is 0.119. The molecule has 0 spiro atoms. The van der Waals surface area contributed by atoms with Gasteiger partial charge < -0.3 is 10.1 Å². The van der Waals surface area contributed by atoms with Crippen LogP contribution in [0.15, 0.2) is 72.8 Å². The number of aromatic nitrogens is 1. The predicted octanol–water partition coefficient (Wildman–Crippen LogP) is 5.38. The van der Waals surface area contributed by atoms with Gasteiger partial charge in [0.2, 0.25) is 0 Å². The summed E-state index contributed by atoms with van der Waals surface area (Å²) in [6.07, 6.45) is 0. The smallest absolute Gasteiger partial charge is 0.273 e. The lowest BCUT2D eigenvalue weighted by atomic mass is 10.0. The molecule has 154 valence electrons. The highest BCUT2D eigenvalue weighted by molar-refractivity contribution is 6.13. The Morgan fingerprint density at radius 1 is 1.03 bits per heavy atom. The number of para-hydroxylation sites is 1. The van der Waals surface area contributed by atoms with Crippen molar-refractivity contribution in [3.8, 4) is 17.0 Å². The summed E-state index contributed by atoms with van der Waals surface area (Å²) in [7, 11) is 1.40. The number of methoxy groups -OCH3 is 1. The summed E-state index contributed by atoms with van der Waals surface area (Å²) in [5, 5.41) is 14.5. The van der Waals surface area contributed by atoms with Crippen molar-refractivity contribution >= 4 is 28.2 Å². The molecule has 1 heterocycles. The molecule has 3 aromatic carbocycles. The lowest BCUT2D eigenvalue weighted by Gasteiger charge is -2.13. The van der Waals surface area contributed by atoms with E-state index in [0.29, 0.717) is 27.8 Å². The summed E-state index contributed by atoms with van der Waals surface area (Å²) < 4.78 is 5.24. The fourth-order valence-corrected chi connectivity index (χ4v) is 3.45. The summed E-state index contributed by atoms with van der Waals surface area (Å²) in [6, 6.07) is 21.1. The van der Waals surface area contributed by atoms with E-state index in [0.717, 1.165) is 11.1 Å². The molecule has 0 bridgehead atoms. The van der Waals surface area contributed by atoms with Crippen molar-refractivity contribution in [2.24, 2.45) is 0 Å². The number of nitrogens with zero attached hydrogens (tertiary/aromatic N) is 2. The van der Waals surface area contributed by atoms with E-state index in [1.54, 1.807) is 6.07 Å². The number of fused-ring (bicyclic) bond motifs is 1. The number of carbonyl (C=O) groups excluding carboxylic acids is 1.